The molecule has 1 aliphatic rings. The standard InChI is InChI=1S/C13H27NS/c1-3-5-11-15-13-10-8-6-7-9-12(13)14-4-2/h12-14H,3-11H2,1-2H3. The van der Waals surface area contributed by atoms with Crippen LogP contribution in [-0.2, 0) is 0 Å². The first-order valence-electron chi connectivity index (χ1n) is 6.73. The van der Waals surface area contributed by atoms with E-state index in [4.69, 9.17) is 0 Å². The van der Waals surface area contributed by atoms with E-state index in [2.05, 4.69) is 30.9 Å². The van der Waals surface area contributed by atoms with Gasteiger partial charge in [0.25, 0.3) is 0 Å². The topological polar surface area (TPSA) is 12.0 Å². The average molecular weight is 229 g/mol. The summed E-state index contributed by atoms with van der Waals surface area (Å²) in [7, 11) is 0. The molecular formula is C13H27NS. The van der Waals surface area contributed by atoms with Gasteiger partial charge in [0.1, 0.15) is 0 Å². The van der Waals surface area contributed by atoms with E-state index in [1.807, 2.05) is 0 Å². The third kappa shape index (κ3) is 5.26. The van der Waals surface area contributed by atoms with Gasteiger partial charge in [-0.3, -0.25) is 0 Å². The summed E-state index contributed by atoms with van der Waals surface area (Å²) in [4.78, 5) is 0. The lowest BCUT2D eigenvalue weighted by atomic mass is 10.1. The second-order valence-corrected chi connectivity index (χ2v) is 5.91. The van der Waals surface area contributed by atoms with Gasteiger partial charge in [-0.1, -0.05) is 39.5 Å². The molecule has 0 bridgehead atoms. The molecule has 1 nitrogen and oxygen atoms in total. The van der Waals surface area contributed by atoms with Crippen molar-refractivity contribution in [1.82, 2.24) is 5.32 Å². The van der Waals surface area contributed by atoms with Gasteiger partial charge in [-0.05, 0) is 31.6 Å². The third-order valence-electron chi connectivity index (χ3n) is 3.25. The van der Waals surface area contributed by atoms with Gasteiger partial charge in [0.05, 0.1) is 0 Å². The molecule has 0 amide bonds. The van der Waals surface area contributed by atoms with E-state index in [0.29, 0.717) is 0 Å². The summed E-state index contributed by atoms with van der Waals surface area (Å²) in [6, 6.07) is 0.791. The zero-order chi connectivity index (χ0) is 10.9. The fourth-order valence-electron chi connectivity index (χ4n) is 2.35. The third-order valence-corrected chi connectivity index (χ3v) is 4.77. The molecular weight excluding hydrogens is 202 g/mol. The van der Waals surface area contributed by atoms with E-state index in [9.17, 15) is 0 Å². The largest absolute Gasteiger partial charge is 0.313 e. The van der Waals surface area contributed by atoms with Gasteiger partial charge >= 0.3 is 0 Å². The van der Waals surface area contributed by atoms with Crippen LogP contribution in [0.5, 0.6) is 0 Å². The first-order chi connectivity index (χ1) is 7.38. The number of rotatable bonds is 6. The maximum atomic E-state index is 3.68. The Labute approximate surface area is 99.8 Å². The Bertz CT molecular complexity index is 149. The second-order valence-electron chi connectivity index (χ2n) is 4.56. The quantitative estimate of drug-likeness (QED) is 0.549. The van der Waals surface area contributed by atoms with E-state index in [0.717, 1.165) is 17.8 Å². The Morgan fingerprint density at radius 2 is 1.93 bits per heavy atom. The fourth-order valence-corrected chi connectivity index (χ4v) is 3.90. The molecule has 1 rings (SSSR count). The number of thioether (sulfide) groups is 1. The van der Waals surface area contributed by atoms with Crippen molar-refractivity contribution < 1.29 is 0 Å². The van der Waals surface area contributed by atoms with Crippen LogP contribution >= 0.6 is 11.8 Å². The summed E-state index contributed by atoms with van der Waals surface area (Å²) < 4.78 is 0. The van der Waals surface area contributed by atoms with Crippen LogP contribution in [0.2, 0.25) is 0 Å². The highest BCUT2D eigenvalue weighted by molar-refractivity contribution is 7.99. The summed E-state index contributed by atoms with van der Waals surface area (Å²) >= 11 is 2.22. The van der Waals surface area contributed by atoms with Crippen molar-refractivity contribution in [1.29, 1.82) is 0 Å². The molecule has 0 heterocycles. The van der Waals surface area contributed by atoms with Crippen molar-refractivity contribution in [3.8, 4) is 0 Å². The Balaban J connectivity index is 2.32. The fraction of sp³-hybridized carbons (Fsp3) is 1.00. The molecule has 0 saturated heterocycles. The Kier molecular flexibility index (Phi) is 7.54. The molecule has 2 unspecified atom stereocenters. The minimum absolute atomic E-state index is 0.791. The van der Waals surface area contributed by atoms with Crippen molar-refractivity contribution >= 4 is 11.8 Å². The highest BCUT2D eigenvalue weighted by Crippen LogP contribution is 2.28. The lowest BCUT2D eigenvalue weighted by Crippen LogP contribution is -2.37. The molecule has 1 saturated carbocycles. The zero-order valence-electron chi connectivity index (χ0n) is 10.4. The summed E-state index contributed by atoms with van der Waals surface area (Å²) in [6.45, 7) is 5.66. The van der Waals surface area contributed by atoms with Gasteiger partial charge in [0.2, 0.25) is 0 Å². The molecule has 2 heteroatoms. The molecule has 15 heavy (non-hydrogen) atoms. The van der Waals surface area contributed by atoms with Crippen molar-refractivity contribution in [2.75, 3.05) is 12.3 Å². The summed E-state index contributed by atoms with van der Waals surface area (Å²) in [5, 5.41) is 4.57. The van der Waals surface area contributed by atoms with Crippen LogP contribution in [-0.4, -0.2) is 23.6 Å². The molecule has 0 spiro atoms. The molecule has 0 aromatic rings. The van der Waals surface area contributed by atoms with Gasteiger partial charge in [-0.25, -0.2) is 0 Å². The smallest absolute Gasteiger partial charge is 0.0201 e. The number of hydrogen-bond donors (Lipinski definition) is 1. The lowest BCUT2D eigenvalue weighted by molar-refractivity contribution is 0.482. The van der Waals surface area contributed by atoms with E-state index >= 15 is 0 Å². The van der Waals surface area contributed by atoms with Crippen molar-refractivity contribution in [3.63, 3.8) is 0 Å². The van der Waals surface area contributed by atoms with Gasteiger partial charge < -0.3 is 5.32 Å². The highest BCUT2D eigenvalue weighted by Gasteiger charge is 2.22. The Morgan fingerprint density at radius 1 is 1.13 bits per heavy atom. The molecule has 2 atom stereocenters. The predicted octanol–water partition coefficient (Wildman–Crippen LogP) is 3.83. The summed E-state index contributed by atoms with van der Waals surface area (Å²) in [5.41, 5.74) is 0. The van der Waals surface area contributed by atoms with Gasteiger partial charge in [-0.15, -0.1) is 0 Å². The van der Waals surface area contributed by atoms with E-state index in [1.54, 1.807) is 0 Å². The van der Waals surface area contributed by atoms with Crippen molar-refractivity contribution in [2.24, 2.45) is 0 Å². The molecule has 1 N–H and O–H groups in total. The number of hydrogen-bond acceptors (Lipinski definition) is 2. The van der Waals surface area contributed by atoms with E-state index in [-0.39, 0.29) is 0 Å². The molecule has 0 aromatic carbocycles. The Hall–Kier alpha value is 0.310. The maximum absolute atomic E-state index is 3.68. The van der Waals surface area contributed by atoms with E-state index < -0.39 is 0 Å². The summed E-state index contributed by atoms with van der Waals surface area (Å²) in [5.74, 6) is 1.36. The number of unbranched alkanes of at least 4 members (excludes halogenated alkanes) is 1. The predicted molar refractivity (Wildman–Crippen MR) is 71.7 cm³/mol. The minimum Gasteiger partial charge on any atom is -0.313 e. The van der Waals surface area contributed by atoms with Crippen molar-refractivity contribution in [3.05, 3.63) is 0 Å². The van der Waals surface area contributed by atoms with Crippen LogP contribution in [0.3, 0.4) is 0 Å². The maximum Gasteiger partial charge on any atom is 0.0201 e. The van der Waals surface area contributed by atoms with Crippen LogP contribution < -0.4 is 5.32 Å². The van der Waals surface area contributed by atoms with Gasteiger partial charge in [-0.2, -0.15) is 11.8 Å². The monoisotopic (exact) mass is 229 g/mol. The van der Waals surface area contributed by atoms with Gasteiger partial charge in [0, 0.05) is 11.3 Å². The zero-order valence-corrected chi connectivity index (χ0v) is 11.2. The number of nitrogens with one attached hydrogen (secondary N) is 1. The lowest BCUT2D eigenvalue weighted by Gasteiger charge is -2.25. The average Bonchev–Trinajstić information content (AvgIpc) is 2.45. The van der Waals surface area contributed by atoms with Crippen LogP contribution in [0.15, 0.2) is 0 Å². The normalized spacial score (nSPS) is 27.6. The first kappa shape index (κ1) is 13.4. The molecule has 0 radical (unpaired) electrons. The SMILES string of the molecule is CCCCSC1CCCCCC1NCC. The molecule has 90 valence electrons. The molecule has 1 fully saturated rings. The van der Waals surface area contributed by atoms with Crippen LogP contribution in [0.1, 0.15) is 58.8 Å². The molecule has 1 aliphatic carbocycles. The molecule has 0 aliphatic heterocycles. The minimum atomic E-state index is 0.791. The summed E-state index contributed by atoms with van der Waals surface area (Å²) in [6.07, 6.45) is 9.90. The second kappa shape index (κ2) is 8.46. The van der Waals surface area contributed by atoms with Crippen LogP contribution in [0.4, 0.5) is 0 Å². The van der Waals surface area contributed by atoms with Crippen LogP contribution in [0.25, 0.3) is 0 Å². The molecule has 0 aromatic heterocycles. The highest BCUT2D eigenvalue weighted by atomic mass is 32.2. The van der Waals surface area contributed by atoms with Crippen molar-refractivity contribution in [2.45, 2.75) is 70.1 Å². The van der Waals surface area contributed by atoms with Crippen LogP contribution in [0, 0.1) is 0 Å². The first-order valence-corrected chi connectivity index (χ1v) is 7.78. The Morgan fingerprint density at radius 3 is 2.67 bits per heavy atom. The van der Waals surface area contributed by atoms with E-state index in [1.165, 1.54) is 50.7 Å². The van der Waals surface area contributed by atoms with Gasteiger partial charge in [0.15, 0.2) is 0 Å².